The Hall–Kier alpha value is -2.24. The van der Waals surface area contributed by atoms with Crippen LogP contribution in [0.15, 0.2) is 34.9 Å². The molecule has 6 nitrogen and oxygen atoms in total. The number of nitrogens with one attached hydrogen (secondary N) is 1. The molecule has 0 bridgehead atoms. The molecule has 0 radical (unpaired) electrons. The largest absolute Gasteiger partial charge is 0.511 e. The first-order chi connectivity index (χ1) is 10.7. The molecule has 1 fully saturated rings. The van der Waals surface area contributed by atoms with E-state index in [-0.39, 0.29) is 17.0 Å². The minimum Gasteiger partial charge on any atom is -0.511 e. The van der Waals surface area contributed by atoms with Gasteiger partial charge in [-0.1, -0.05) is 19.3 Å². The third-order valence-electron chi connectivity index (χ3n) is 4.53. The number of hydrogen-bond acceptors (Lipinski definition) is 6. The summed E-state index contributed by atoms with van der Waals surface area (Å²) >= 11 is 0. The molecule has 2 N–H and O–H groups in total. The lowest BCUT2D eigenvalue weighted by Crippen LogP contribution is -2.33. The molecule has 0 atom stereocenters. The maximum atomic E-state index is 12.4. The highest BCUT2D eigenvalue weighted by Crippen LogP contribution is 2.47. The van der Waals surface area contributed by atoms with Crippen molar-refractivity contribution in [2.75, 3.05) is 5.43 Å². The van der Waals surface area contributed by atoms with Gasteiger partial charge in [0.1, 0.15) is 5.76 Å². The van der Waals surface area contributed by atoms with Gasteiger partial charge in [0.25, 0.3) is 0 Å². The van der Waals surface area contributed by atoms with Gasteiger partial charge in [0.2, 0.25) is 5.95 Å². The first kappa shape index (κ1) is 14.7. The Morgan fingerprint density at radius 3 is 2.59 bits per heavy atom. The molecule has 0 aliphatic heterocycles. The van der Waals surface area contributed by atoms with Crippen LogP contribution in [0.4, 0.5) is 5.95 Å². The minimum absolute atomic E-state index is 0.0211. The Balaban J connectivity index is 1.70. The van der Waals surface area contributed by atoms with Crippen LogP contribution < -0.4 is 5.43 Å². The van der Waals surface area contributed by atoms with E-state index in [0.717, 1.165) is 25.7 Å². The van der Waals surface area contributed by atoms with Gasteiger partial charge < -0.3 is 5.11 Å². The third-order valence-corrected chi connectivity index (χ3v) is 4.53. The van der Waals surface area contributed by atoms with Crippen molar-refractivity contribution in [2.24, 2.45) is 10.5 Å². The predicted molar refractivity (Wildman–Crippen MR) is 83.6 cm³/mol. The summed E-state index contributed by atoms with van der Waals surface area (Å²) in [6.07, 6.45) is 11.3. The number of rotatable bonds is 3. The lowest BCUT2D eigenvalue weighted by atomic mass is 9.65. The number of hydrogen-bond donors (Lipinski definition) is 2. The first-order valence-electron chi connectivity index (χ1n) is 7.70. The number of hydrazone groups is 1. The van der Waals surface area contributed by atoms with Crippen LogP contribution in [0, 0.1) is 5.41 Å². The van der Waals surface area contributed by atoms with Crippen LogP contribution in [-0.4, -0.2) is 27.1 Å². The van der Waals surface area contributed by atoms with E-state index >= 15 is 0 Å². The molecule has 0 aromatic carbocycles. The van der Waals surface area contributed by atoms with Gasteiger partial charge in [-0.05, 0) is 24.3 Å². The summed E-state index contributed by atoms with van der Waals surface area (Å²) in [6, 6.07) is 1.71. The van der Waals surface area contributed by atoms with Crippen LogP contribution in [0.3, 0.4) is 0 Å². The number of carbonyl (C=O) groups excluding carboxylic acids is 1. The third kappa shape index (κ3) is 3.16. The van der Waals surface area contributed by atoms with Crippen molar-refractivity contribution in [2.45, 2.75) is 44.9 Å². The summed E-state index contributed by atoms with van der Waals surface area (Å²) in [5.74, 6) is 0.494. The number of aliphatic hydroxyl groups excluding tert-OH is 1. The highest BCUT2D eigenvalue weighted by Gasteiger charge is 2.40. The second kappa shape index (κ2) is 6.25. The molecule has 1 aromatic heterocycles. The molecule has 1 spiro atoms. The number of anilines is 1. The van der Waals surface area contributed by atoms with Crippen molar-refractivity contribution in [1.82, 2.24) is 9.97 Å². The lowest BCUT2D eigenvalue weighted by Gasteiger charge is -2.39. The van der Waals surface area contributed by atoms with E-state index in [1.165, 1.54) is 12.6 Å². The van der Waals surface area contributed by atoms with Gasteiger partial charge in [-0.25, -0.2) is 15.4 Å². The standard InChI is InChI=1S/C16H20N4O2/c21-13-9-16(5-2-1-3-6-16)10-14(22)12(13)11-19-20-15-17-7-4-8-18-15/h4,7-8,11,21H,1-3,5-6,9-10H2,(H,17,18,20)/b19-11-. The molecule has 2 aliphatic carbocycles. The SMILES string of the molecule is O=C1CC2(CCCCC2)CC(O)=C1/C=N\Nc1ncccn1. The summed E-state index contributed by atoms with van der Waals surface area (Å²) in [6.45, 7) is 0. The molecule has 0 unspecified atom stereocenters. The fourth-order valence-corrected chi connectivity index (χ4v) is 3.42. The number of ketones is 1. The topological polar surface area (TPSA) is 87.5 Å². The van der Waals surface area contributed by atoms with Gasteiger partial charge in [0, 0.05) is 25.2 Å². The average molecular weight is 300 g/mol. The molecule has 1 heterocycles. The molecular formula is C16H20N4O2. The Morgan fingerprint density at radius 1 is 1.18 bits per heavy atom. The normalized spacial score (nSPS) is 21.5. The van der Waals surface area contributed by atoms with Crippen LogP contribution in [0.1, 0.15) is 44.9 Å². The van der Waals surface area contributed by atoms with Gasteiger partial charge >= 0.3 is 0 Å². The summed E-state index contributed by atoms with van der Waals surface area (Å²) in [7, 11) is 0. The Labute approximate surface area is 129 Å². The van der Waals surface area contributed by atoms with Crippen molar-refractivity contribution < 1.29 is 9.90 Å². The first-order valence-corrected chi connectivity index (χ1v) is 7.70. The zero-order valence-electron chi connectivity index (χ0n) is 12.5. The van der Waals surface area contributed by atoms with E-state index in [9.17, 15) is 9.90 Å². The molecule has 1 aromatic rings. The lowest BCUT2D eigenvalue weighted by molar-refractivity contribution is -0.119. The highest BCUT2D eigenvalue weighted by molar-refractivity contribution is 6.14. The number of nitrogens with zero attached hydrogens (tertiary/aromatic N) is 3. The molecular weight excluding hydrogens is 280 g/mol. The zero-order valence-corrected chi connectivity index (χ0v) is 12.5. The van der Waals surface area contributed by atoms with Crippen LogP contribution in [0.5, 0.6) is 0 Å². The van der Waals surface area contributed by atoms with E-state index in [0.29, 0.717) is 24.4 Å². The number of Topliss-reactive ketones (excluding diaryl/α,β-unsaturated/α-hetero) is 1. The number of allylic oxidation sites excluding steroid dienone is 2. The average Bonchev–Trinajstić information content (AvgIpc) is 2.52. The summed E-state index contributed by atoms with van der Waals surface area (Å²) in [4.78, 5) is 20.3. The fourth-order valence-electron chi connectivity index (χ4n) is 3.42. The van der Waals surface area contributed by atoms with Crippen molar-refractivity contribution >= 4 is 17.9 Å². The molecule has 2 aliphatic rings. The maximum absolute atomic E-state index is 12.4. The second-order valence-electron chi connectivity index (χ2n) is 6.14. The van der Waals surface area contributed by atoms with Gasteiger partial charge in [0.05, 0.1) is 11.8 Å². The second-order valence-corrected chi connectivity index (χ2v) is 6.14. The molecule has 0 amide bonds. The molecule has 0 saturated heterocycles. The monoisotopic (exact) mass is 300 g/mol. The smallest absolute Gasteiger partial charge is 0.243 e. The van der Waals surface area contributed by atoms with Crippen molar-refractivity contribution in [3.63, 3.8) is 0 Å². The van der Waals surface area contributed by atoms with E-state index in [4.69, 9.17) is 0 Å². The molecule has 22 heavy (non-hydrogen) atoms. The van der Waals surface area contributed by atoms with Crippen LogP contribution >= 0.6 is 0 Å². The van der Waals surface area contributed by atoms with E-state index in [1.54, 1.807) is 18.5 Å². The van der Waals surface area contributed by atoms with Gasteiger partial charge in [0.15, 0.2) is 5.78 Å². The molecule has 116 valence electrons. The highest BCUT2D eigenvalue weighted by atomic mass is 16.3. The fraction of sp³-hybridized carbons (Fsp3) is 0.500. The number of aromatic nitrogens is 2. The van der Waals surface area contributed by atoms with Crippen LogP contribution in [0.2, 0.25) is 0 Å². The summed E-state index contributed by atoms with van der Waals surface area (Å²) < 4.78 is 0. The van der Waals surface area contributed by atoms with Crippen molar-refractivity contribution in [3.8, 4) is 0 Å². The zero-order chi connectivity index (χ0) is 15.4. The Morgan fingerprint density at radius 2 is 1.91 bits per heavy atom. The van der Waals surface area contributed by atoms with Gasteiger partial charge in [-0.15, -0.1) is 0 Å². The van der Waals surface area contributed by atoms with Gasteiger partial charge in [-0.3, -0.25) is 4.79 Å². The molecule has 6 heteroatoms. The predicted octanol–water partition coefficient (Wildman–Crippen LogP) is 3.00. The van der Waals surface area contributed by atoms with Gasteiger partial charge in [-0.2, -0.15) is 5.10 Å². The van der Waals surface area contributed by atoms with E-state index < -0.39 is 0 Å². The van der Waals surface area contributed by atoms with Crippen molar-refractivity contribution in [1.29, 1.82) is 0 Å². The van der Waals surface area contributed by atoms with Crippen LogP contribution in [-0.2, 0) is 4.79 Å². The number of aliphatic hydroxyl groups is 1. The molecule has 3 rings (SSSR count). The number of carbonyl (C=O) groups is 1. The Kier molecular flexibility index (Phi) is 4.18. The summed E-state index contributed by atoms with van der Waals surface area (Å²) in [5.41, 5.74) is 2.94. The van der Waals surface area contributed by atoms with Crippen LogP contribution in [0.25, 0.3) is 0 Å². The summed E-state index contributed by atoms with van der Waals surface area (Å²) in [5, 5.41) is 14.2. The maximum Gasteiger partial charge on any atom is 0.243 e. The van der Waals surface area contributed by atoms with E-state index in [2.05, 4.69) is 20.5 Å². The van der Waals surface area contributed by atoms with Crippen molar-refractivity contribution in [3.05, 3.63) is 29.8 Å². The van der Waals surface area contributed by atoms with E-state index in [1.807, 2.05) is 0 Å². The molecule has 1 saturated carbocycles. The Bertz CT molecular complexity index is 604. The minimum atomic E-state index is -0.0230. The quantitative estimate of drug-likeness (QED) is 0.662.